The quantitative estimate of drug-likeness (QED) is 0.723. The average Bonchev–Trinajstić information content (AvgIpc) is 3.24. The van der Waals surface area contributed by atoms with Gasteiger partial charge < -0.3 is 4.74 Å². The van der Waals surface area contributed by atoms with Gasteiger partial charge in [-0.2, -0.15) is 0 Å². The van der Waals surface area contributed by atoms with Gasteiger partial charge in [-0.25, -0.2) is 4.98 Å². The summed E-state index contributed by atoms with van der Waals surface area (Å²) in [6.45, 7) is 4.18. The Labute approximate surface area is 159 Å². The summed E-state index contributed by atoms with van der Waals surface area (Å²) in [5, 5.41) is 13.8. The molecule has 1 amide bonds. The summed E-state index contributed by atoms with van der Waals surface area (Å²) >= 11 is 7.25. The van der Waals surface area contributed by atoms with E-state index in [9.17, 15) is 4.79 Å². The highest BCUT2D eigenvalue weighted by atomic mass is 35.5. The molecule has 0 bridgehead atoms. The predicted octanol–water partition coefficient (Wildman–Crippen LogP) is 3.34. The molecule has 2 aromatic heterocycles. The number of ether oxygens (including phenoxy) is 1. The Hall–Kier alpha value is -2.29. The van der Waals surface area contributed by atoms with Crippen LogP contribution in [0.2, 0.25) is 5.02 Å². The average molecular weight is 390 g/mol. The van der Waals surface area contributed by atoms with Crippen LogP contribution in [0.25, 0.3) is 11.3 Å². The van der Waals surface area contributed by atoms with Crippen LogP contribution in [0.3, 0.4) is 0 Å². The van der Waals surface area contributed by atoms with Gasteiger partial charge in [0, 0.05) is 21.4 Å². The fourth-order valence-corrected chi connectivity index (χ4v) is 3.50. The van der Waals surface area contributed by atoms with Gasteiger partial charge in [-0.1, -0.05) is 35.9 Å². The third-order valence-corrected chi connectivity index (χ3v) is 5.09. The first kappa shape index (κ1) is 17.1. The van der Waals surface area contributed by atoms with Crippen LogP contribution in [0.15, 0.2) is 35.8 Å². The number of benzene rings is 1. The summed E-state index contributed by atoms with van der Waals surface area (Å²) in [5.74, 6) is -0.330. The number of halogens is 1. The molecule has 9 heteroatoms. The highest BCUT2D eigenvalue weighted by Crippen LogP contribution is 2.28. The molecule has 0 spiro atoms. The molecule has 3 heterocycles. The molecule has 0 atom stereocenters. The number of hydrogen-bond acceptors (Lipinski definition) is 6. The van der Waals surface area contributed by atoms with Crippen molar-refractivity contribution in [3.63, 3.8) is 0 Å². The summed E-state index contributed by atoms with van der Waals surface area (Å²) in [7, 11) is 0. The number of hydrogen-bond donors (Lipinski definition) is 1. The van der Waals surface area contributed by atoms with Gasteiger partial charge in [-0.3, -0.25) is 14.8 Å². The van der Waals surface area contributed by atoms with Gasteiger partial charge in [0.2, 0.25) is 0 Å². The van der Waals surface area contributed by atoms with Crippen molar-refractivity contribution in [1.29, 1.82) is 0 Å². The maximum absolute atomic E-state index is 12.4. The molecule has 1 fully saturated rings. The van der Waals surface area contributed by atoms with E-state index in [0.717, 1.165) is 11.3 Å². The highest BCUT2D eigenvalue weighted by Gasteiger charge is 2.34. The first-order chi connectivity index (χ1) is 12.5. The number of anilines is 1. The molecule has 26 heavy (non-hydrogen) atoms. The Balaban J connectivity index is 1.42. The normalized spacial score (nSPS) is 15.5. The van der Waals surface area contributed by atoms with Crippen LogP contribution in [0, 0.1) is 5.41 Å². The van der Waals surface area contributed by atoms with Gasteiger partial charge in [-0.15, -0.1) is 16.4 Å². The summed E-state index contributed by atoms with van der Waals surface area (Å²) < 4.78 is 6.91. The molecule has 1 saturated heterocycles. The molecule has 7 nitrogen and oxygen atoms in total. The van der Waals surface area contributed by atoms with Gasteiger partial charge in [0.15, 0.2) is 10.8 Å². The lowest BCUT2D eigenvalue weighted by atomic mass is 9.89. The molecule has 1 aromatic carbocycles. The van der Waals surface area contributed by atoms with Crippen LogP contribution in [0.5, 0.6) is 0 Å². The summed E-state index contributed by atoms with van der Waals surface area (Å²) in [4.78, 5) is 16.8. The molecule has 3 aromatic rings. The van der Waals surface area contributed by atoms with Crippen LogP contribution in [-0.4, -0.2) is 39.1 Å². The van der Waals surface area contributed by atoms with Gasteiger partial charge in [0.05, 0.1) is 31.6 Å². The zero-order valence-corrected chi connectivity index (χ0v) is 15.5. The monoisotopic (exact) mass is 389 g/mol. The lowest BCUT2D eigenvalue weighted by Gasteiger charge is -2.37. The number of aromatic nitrogens is 4. The minimum absolute atomic E-state index is 0.0598. The molecule has 0 saturated carbocycles. The van der Waals surface area contributed by atoms with Crippen molar-refractivity contribution >= 4 is 34.0 Å². The second kappa shape index (κ2) is 6.79. The van der Waals surface area contributed by atoms with Crippen molar-refractivity contribution in [3.05, 3.63) is 46.6 Å². The lowest BCUT2D eigenvalue weighted by molar-refractivity contribution is -0.111. The van der Waals surface area contributed by atoms with Crippen LogP contribution >= 0.6 is 22.9 Å². The van der Waals surface area contributed by atoms with Crippen molar-refractivity contribution in [2.45, 2.75) is 13.5 Å². The van der Waals surface area contributed by atoms with Crippen molar-refractivity contribution in [2.75, 3.05) is 18.5 Å². The second-order valence-electron chi connectivity index (χ2n) is 6.60. The molecule has 0 unspecified atom stereocenters. The Bertz CT molecular complexity index is 933. The van der Waals surface area contributed by atoms with Gasteiger partial charge in [0.1, 0.15) is 0 Å². The van der Waals surface area contributed by atoms with Crippen molar-refractivity contribution in [2.24, 2.45) is 5.41 Å². The minimum atomic E-state index is -0.330. The van der Waals surface area contributed by atoms with Crippen LogP contribution < -0.4 is 5.32 Å². The molecule has 4 rings (SSSR count). The Morgan fingerprint density at radius 1 is 1.38 bits per heavy atom. The zero-order valence-electron chi connectivity index (χ0n) is 14.0. The maximum atomic E-state index is 12.4. The first-order valence-corrected chi connectivity index (χ1v) is 9.27. The van der Waals surface area contributed by atoms with Crippen molar-refractivity contribution in [1.82, 2.24) is 20.0 Å². The number of carbonyl (C=O) groups is 1. The number of nitrogens with one attached hydrogen (secondary N) is 1. The standard InChI is InChI=1S/C17H16ClN5O2S/c1-17(9-25-10-17)8-23-6-13(21-22-23)15(24)20-16-19-14(7-26-16)11-2-4-12(18)5-3-11/h2-7H,8-10H2,1H3,(H,19,20,24). The number of rotatable bonds is 5. The van der Waals surface area contributed by atoms with E-state index >= 15 is 0 Å². The lowest BCUT2D eigenvalue weighted by Crippen LogP contribution is -2.43. The second-order valence-corrected chi connectivity index (χ2v) is 7.90. The number of thiazole rings is 1. The molecule has 1 aliphatic rings. The van der Waals surface area contributed by atoms with E-state index in [1.807, 2.05) is 17.5 Å². The molecule has 134 valence electrons. The van der Waals surface area contributed by atoms with E-state index in [-0.39, 0.29) is 17.0 Å². The maximum Gasteiger partial charge on any atom is 0.279 e. The number of carbonyl (C=O) groups excluding carboxylic acids is 1. The van der Waals surface area contributed by atoms with Crippen LogP contribution in [0.1, 0.15) is 17.4 Å². The summed E-state index contributed by atoms with van der Waals surface area (Å²) in [6, 6.07) is 7.39. The molecule has 0 radical (unpaired) electrons. The van der Waals surface area contributed by atoms with Crippen LogP contribution in [0.4, 0.5) is 5.13 Å². The van der Waals surface area contributed by atoms with Gasteiger partial charge in [-0.05, 0) is 12.1 Å². The molecular weight excluding hydrogens is 374 g/mol. The Morgan fingerprint density at radius 2 is 2.15 bits per heavy atom. The van der Waals surface area contributed by atoms with Gasteiger partial charge >= 0.3 is 0 Å². The topological polar surface area (TPSA) is 81.9 Å². The molecule has 1 N–H and O–H groups in total. The van der Waals surface area contributed by atoms with E-state index in [1.54, 1.807) is 23.0 Å². The number of nitrogens with zero attached hydrogens (tertiary/aromatic N) is 4. The molecular formula is C17H16ClN5O2S. The predicted molar refractivity (Wildman–Crippen MR) is 99.5 cm³/mol. The summed E-state index contributed by atoms with van der Waals surface area (Å²) in [5.41, 5.74) is 2.04. The smallest absolute Gasteiger partial charge is 0.279 e. The fourth-order valence-electron chi connectivity index (χ4n) is 2.66. The third-order valence-electron chi connectivity index (χ3n) is 4.08. The zero-order chi connectivity index (χ0) is 18.1. The summed E-state index contributed by atoms with van der Waals surface area (Å²) in [6.07, 6.45) is 1.65. The first-order valence-electron chi connectivity index (χ1n) is 8.01. The Kier molecular flexibility index (Phi) is 4.47. The van der Waals surface area contributed by atoms with E-state index < -0.39 is 0 Å². The third kappa shape index (κ3) is 3.62. The molecule has 0 aliphatic carbocycles. The highest BCUT2D eigenvalue weighted by molar-refractivity contribution is 7.14. The van der Waals surface area contributed by atoms with E-state index in [1.165, 1.54) is 11.3 Å². The van der Waals surface area contributed by atoms with Gasteiger partial charge in [0.25, 0.3) is 5.91 Å². The minimum Gasteiger partial charge on any atom is -0.380 e. The Morgan fingerprint density at radius 3 is 2.85 bits per heavy atom. The SMILES string of the molecule is CC1(Cn2cc(C(=O)Nc3nc(-c4ccc(Cl)cc4)cs3)nn2)COC1. The van der Waals surface area contributed by atoms with Crippen molar-refractivity contribution < 1.29 is 9.53 Å². The van der Waals surface area contributed by atoms with E-state index in [0.29, 0.717) is 29.9 Å². The van der Waals surface area contributed by atoms with E-state index in [4.69, 9.17) is 16.3 Å². The van der Waals surface area contributed by atoms with E-state index in [2.05, 4.69) is 27.5 Å². The largest absolute Gasteiger partial charge is 0.380 e. The number of amides is 1. The molecule has 1 aliphatic heterocycles. The van der Waals surface area contributed by atoms with Crippen LogP contribution in [-0.2, 0) is 11.3 Å². The van der Waals surface area contributed by atoms with Crippen molar-refractivity contribution in [3.8, 4) is 11.3 Å². The fraction of sp³-hybridized carbons (Fsp3) is 0.294.